The lowest BCUT2D eigenvalue weighted by Gasteiger charge is -2.00. The predicted octanol–water partition coefficient (Wildman–Crippen LogP) is 2.59. The maximum Gasteiger partial charge on any atom is 0.170 e. The Bertz CT molecular complexity index is 243. The fraction of sp³-hybridized carbons (Fsp3) is 0.556. The first-order valence-electron chi connectivity index (χ1n) is 4.27. The summed E-state index contributed by atoms with van der Waals surface area (Å²) in [6.07, 6.45) is 0.979. The van der Waals surface area contributed by atoms with Crippen molar-refractivity contribution in [2.24, 2.45) is 0 Å². The molecule has 1 rings (SSSR count). The third-order valence-electron chi connectivity index (χ3n) is 1.76. The molecular weight excluding hydrogens is 204 g/mol. The lowest BCUT2D eigenvalue weighted by molar-refractivity contribution is -0.116. The van der Waals surface area contributed by atoms with Gasteiger partial charge < -0.3 is 0 Å². The fourth-order valence-electron chi connectivity index (χ4n) is 1.01. The van der Waals surface area contributed by atoms with Crippen LogP contribution in [0.3, 0.4) is 0 Å². The molecule has 72 valence electrons. The molecule has 0 saturated carbocycles. The highest BCUT2D eigenvalue weighted by molar-refractivity contribution is 8.23. The largest absolute Gasteiger partial charge is 0.294 e. The molecule has 0 N–H and O–H groups in total. The standard InChI is InChI=1S/C9H12O2S2/c1-3-6(10)8-9(7(11)4-2)13-5-12-8/h3-5H2,1-2H3. The first kappa shape index (κ1) is 10.9. The second-order valence-electron chi connectivity index (χ2n) is 2.62. The van der Waals surface area contributed by atoms with Gasteiger partial charge in [0.2, 0.25) is 0 Å². The van der Waals surface area contributed by atoms with Crippen molar-refractivity contribution in [3.8, 4) is 0 Å². The maximum absolute atomic E-state index is 11.4. The molecule has 0 atom stereocenters. The second kappa shape index (κ2) is 4.86. The Hall–Kier alpha value is -0.220. The number of allylic oxidation sites excluding steroid dienone is 2. The van der Waals surface area contributed by atoms with Gasteiger partial charge in [0, 0.05) is 17.9 Å². The van der Waals surface area contributed by atoms with Crippen LogP contribution in [-0.4, -0.2) is 16.7 Å². The van der Waals surface area contributed by atoms with Crippen molar-refractivity contribution in [2.45, 2.75) is 26.7 Å². The molecule has 0 aromatic heterocycles. The van der Waals surface area contributed by atoms with Crippen molar-refractivity contribution in [3.05, 3.63) is 9.81 Å². The number of rotatable bonds is 4. The van der Waals surface area contributed by atoms with Crippen molar-refractivity contribution in [3.63, 3.8) is 0 Å². The van der Waals surface area contributed by atoms with Crippen LogP contribution in [-0.2, 0) is 9.59 Å². The van der Waals surface area contributed by atoms with E-state index in [2.05, 4.69) is 0 Å². The molecule has 4 heteroatoms. The van der Waals surface area contributed by atoms with E-state index < -0.39 is 0 Å². The molecular formula is C9H12O2S2. The van der Waals surface area contributed by atoms with Crippen LogP contribution in [0.15, 0.2) is 9.81 Å². The summed E-state index contributed by atoms with van der Waals surface area (Å²) in [5.74, 6) is 0.207. The molecule has 0 aromatic carbocycles. The number of Topliss-reactive ketones (excluding diaryl/α,β-unsaturated/α-hetero) is 2. The van der Waals surface area contributed by atoms with E-state index in [0.29, 0.717) is 22.7 Å². The predicted molar refractivity (Wildman–Crippen MR) is 57.7 cm³/mol. The van der Waals surface area contributed by atoms with Gasteiger partial charge in [-0.25, -0.2) is 0 Å². The van der Waals surface area contributed by atoms with Gasteiger partial charge in [0.15, 0.2) is 11.6 Å². The smallest absolute Gasteiger partial charge is 0.170 e. The quantitative estimate of drug-likeness (QED) is 0.723. The molecule has 0 fully saturated rings. The zero-order valence-electron chi connectivity index (χ0n) is 7.75. The minimum atomic E-state index is 0.104. The highest BCUT2D eigenvalue weighted by Crippen LogP contribution is 2.40. The molecule has 0 radical (unpaired) electrons. The van der Waals surface area contributed by atoms with E-state index >= 15 is 0 Å². The molecule has 0 spiro atoms. The molecule has 2 nitrogen and oxygen atoms in total. The molecule has 0 saturated heterocycles. The molecule has 1 aliphatic heterocycles. The van der Waals surface area contributed by atoms with E-state index in [-0.39, 0.29) is 11.6 Å². The van der Waals surface area contributed by atoms with Crippen LogP contribution >= 0.6 is 23.5 Å². The van der Waals surface area contributed by atoms with Gasteiger partial charge in [-0.1, -0.05) is 13.8 Å². The summed E-state index contributed by atoms with van der Waals surface area (Å²) in [5, 5.41) is 0.808. The summed E-state index contributed by atoms with van der Waals surface area (Å²) in [7, 11) is 0. The highest BCUT2D eigenvalue weighted by atomic mass is 32.2. The number of carbonyl (C=O) groups excluding carboxylic acids is 2. The number of thioether (sulfide) groups is 2. The van der Waals surface area contributed by atoms with Crippen molar-refractivity contribution in [2.75, 3.05) is 5.08 Å². The number of hydrogen-bond acceptors (Lipinski definition) is 4. The Morgan fingerprint density at radius 2 is 1.46 bits per heavy atom. The fourth-order valence-corrected chi connectivity index (χ4v) is 3.65. The number of hydrogen-bond donors (Lipinski definition) is 0. The summed E-state index contributed by atoms with van der Waals surface area (Å²) in [5.41, 5.74) is 0. The Balaban J connectivity index is 2.89. The van der Waals surface area contributed by atoms with Crippen molar-refractivity contribution in [1.29, 1.82) is 0 Å². The first-order chi connectivity index (χ1) is 6.20. The molecule has 1 aliphatic rings. The van der Waals surface area contributed by atoms with Crippen LogP contribution in [0.25, 0.3) is 0 Å². The van der Waals surface area contributed by atoms with Gasteiger partial charge in [-0.15, -0.1) is 23.5 Å². The van der Waals surface area contributed by atoms with Crippen LogP contribution in [0.5, 0.6) is 0 Å². The van der Waals surface area contributed by atoms with Gasteiger partial charge in [-0.3, -0.25) is 9.59 Å². The zero-order valence-corrected chi connectivity index (χ0v) is 9.39. The van der Waals surface area contributed by atoms with Crippen LogP contribution in [0.1, 0.15) is 26.7 Å². The maximum atomic E-state index is 11.4. The van der Waals surface area contributed by atoms with Gasteiger partial charge >= 0.3 is 0 Å². The average molecular weight is 216 g/mol. The van der Waals surface area contributed by atoms with Crippen molar-refractivity contribution >= 4 is 35.1 Å². The summed E-state index contributed by atoms with van der Waals surface area (Å²) in [4.78, 5) is 24.2. The molecule has 1 heterocycles. The monoisotopic (exact) mass is 216 g/mol. The Kier molecular flexibility index (Phi) is 4.06. The van der Waals surface area contributed by atoms with Crippen molar-refractivity contribution < 1.29 is 9.59 Å². The normalized spacial score (nSPS) is 16.5. The zero-order chi connectivity index (χ0) is 9.84. The van der Waals surface area contributed by atoms with Gasteiger partial charge in [-0.05, 0) is 0 Å². The minimum absolute atomic E-state index is 0.104. The summed E-state index contributed by atoms with van der Waals surface area (Å²) < 4.78 is 0. The Labute approximate surface area is 86.5 Å². The molecule has 0 bridgehead atoms. The highest BCUT2D eigenvalue weighted by Gasteiger charge is 2.24. The van der Waals surface area contributed by atoms with E-state index in [1.807, 2.05) is 13.8 Å². The van der Waals surface area contributed by atoms with Crippen LogP contribution < -0.4 is 0 Å². The minimum Gasteiger partial charge on any atom is -0.294 e. The lowest BCUT2D eigenvalue weighted by atomic mass is 10.2. The van der Waals surface area contributed by atoms with E-state index in [1.165, 1.54) is 23.5 Å². The summed E-state index contributed by atoms with van der Waals surface area (Å²) in [6.45, 7) is 3.65. The Morgan fingerprint density at radius 1 is 1.08 bits per heavy atom. The molecule has 13 heavy (non-hydrogen) atoms. The average Bonchev–Trinajstić information content (AvgIpc) is 2.63. The third kappa shape index (κ3) is 2.38. The second-order valence-corrected chi connectivity index (χ2v) is 4.95. The van der Waals surface area contributed by atoms with E-state index in [1.54, 1.807) is 0 Å². The van der Waals surface area contributed by atoms with Crippen molar-refractivity contribution in [1.82, 2.24) is 0 Å². The Morgan fingerprint density at radius 3 is 1.77 bits per heavy atom. The number of carbonyl (C=O) groups is 2. The van der Waals surface area contributed by atoms with Gasteiger partial charge in [-0.2, -0.15) is 0 Å². The molecule has 0 unspecified atom stereocenters. The van der Waals surface area contributed by atoms with Gasteiger partial charge in [0.1, 0.15) is 0 Å². The van der Waals surface area contributed by atoms with E-state index in [0.717, 1.165) is 5.08 Å². The molecule has 0 aliphatic carbocycles. The summed E-state index contributed by atoms with van der Waals surface area (Å²) >= 11 is 3.00. The van der Waals surface area contributed by atoms with Crippen LogP contribution in [0, 0.1) is 0 Å². The summed E-state index contributed by atoms with van der Waals surface area (Å²) in [6, 6.07) is 0. The van der Waals surface area contributed by atoms with Gasteiger partial charge in [0.05, 0.1) is 9.81 Å². The van der Waals surface area contributed by atoms with Gasteiger partial charge in [0.25, 0.3) is 0 Å². The topological polar surface area (TPSA) is 34.1 Å². The number of ketones is 2. The first-order valence-corrected chi connectivity index (χ1v) is 6.24. The lowest BCUT2D eigenvalue weighted by Crippen LogP contribution is -2.03. The van der Waals surface area contributed by atoms with Crippen LogP contribution in [0.2, 0.25) is 0 Å². The molecule has 0 amide bonds. The third-order valence-corrected chi connectivity index (χ3v) is 4.27. The van der Waals surface area contributed by atoms with E-state index in [4.69, 9.17) is 0 Å². The van der Waals surface area contributed by atoms with E-state index in [9.17, 15) is 9.59 Å². The molecule has 0 aromatic rings. The van der Waals surface area contributed by atoms with Crippen LogP contribution in [0.4, 0.5) is 0 Å². The SMILES string of the molecule is CCC(=O)C1=C(C(=O)CC)SCS1.